The molecule has 2 aliphatic rings. The summed E-state index contributed by atoms with van der Waals surface area (Å²) in [6.07, 6.45) is 0. The molecule has 0 spiro atoms. The molecule has 6 rings (SSSR count). The molecular formula is C45H48N4O4. The Hall–Kier alpha value is -5.64. The smallest absolute Gasteiger partial charge is 0.346 e. The molecule has 272 valence electrons. The van der Waals surface area contributed by atoms with Gasteiger partial charge in [0.15, 0.2) is 23.0 Å². The summed E-state index contributed by atoms with van der Waals surface area (Å²) in [7, 11) is 0. The molecule has 4 aromatic carbocycles. The van der Waals surface area contributed by atoms with Crippen LogP contribution >= 0.6 is 0 Å². The highest BCUT2D eigenvalue weighted by Crippen LogP contribution is 2.46. The third-order valence-corrected chi connectivity index (χ3v) is 9.56. The van der Waals surface area contributed by atoms with Crippen molar-refractivity contribution in [2.24, 2.45) is 20.0 Å². The normalized spacial score (nSPS) is 13.6. The predicted octanol–water partition coefficient (Wildman–Crippen LogP) is 13.2. The first-order chi connectivity index (χ1) is 25.2. The zero-order chi connectivity index (χ0) is 38.1. The van der Waals surface area contributed by atoms with E-state index >= 15 is 0 Å². The van der Waals surface area contributed by atoms with Crippen LogP contribution in [0.2, 0.25) is 0 Å². The fraction of sp³-hybridized carbons (Fsp3) is 0.356. The van der Waals surface area contributed by atoms with E-state index in [1.165, 1.54) is 0 Å². The Morgan fingerprint density at radius 3 is 0.811 bits per heavy atom. The summed E-state index contributed by atoms with van der Waals surface area (Å²) in [4.78, 5) is 19.3. The third kappa shape index (κ3) is 7.49. The number of nitrogens with zero attached hydrogens (tertiary/aromatic N) is 4. The van der Waals surface area contributed by atoms with Crippen LogP contribution in [0.5, 0.6) is 23.0 Å². The number of benzene rings is 4. The zero-order valence-electron chi connectivity index (χ0n) is 32.9. The van der Waals surface area contributed by atoms with Gasteiger partial charge in [0, 0.05) is 0 Å². The summed E-state index contributed by atoms with van der Waals surface area (Å²) in [6.45, 7) is 24.8. The van der Waals surface area contributed by atoms with Crippen molar-refractivity contribution < 1.29 is 18.9 Å². The number of aryl methyl sites for hydroxylation is 4. The van der Waals surface area contributed by atoms with Crippen molar-refractivity contribution in [2.75, 3.05) is 0 Å². The van der Waals surface area contributed by atoms with E-state index in [0.29, 0.717) is 45.7 Å². The van der Waals surface area contributed by atoms with E-state index in [1.54, 1.807) is 0 Å². The number of fused-ring (bicyclic) bond motifs is 4. The molecular weight excluding hydrogens is 661 g/mol. The Morgan fingerprint density at radius 1 is 0.377 bits per heavy atom. The summed E-state index contributed by atoms with van der Waals surface area (Å²) in [5.74, 6) is 2.35. The van der Waals surface area contributed by atoms with Crippen LogP contribution in [0.4, 0.5) is 22.7 Å². The topological polar surface area (TPSA) is 86.4 Å². The minimum atomic E-state index is -0.0191. The molecule has 2 bridgehead atoms. The first kappa shape index (κ1) is 37.1. The van der Waals surface area contributed by atoms with Crippen LogP contribution in [-0.4, -0.2) is 12.0 Å². The molecule has 0 saturated carbocycles. The monoisotopic (exact) mass is 708 g/mol. The lowest BCUT2D eigenvalue weighted by Crippen LogP contribution is -2.11. The average Bonchev–Trinajstić information content (AvgIpc) is 3.08. The van der Waals surface area contributed by atoms with Gasteiger partial charge in [-0.05, 0) is 95.9 Å². The van der Waals surface area contributed by atoms with Crippen LogP contribution in [-0.2, 0) is 0 Å². The minimum Gasteiger partial charge on any atom is -0.417 e. The van der Waals surface area contributed by atoms with E-state index in [2.05, 4.69) is 97.4 Å². The zero-order valence-corrected chi connectivity index (χ0v) is 32.9. The largest absolute Gasteiger partial charge is 0.417 e. The number of hydrogen-bond donors (Lipinski definition) is 0. The first-order valence-electron chi connectivity index (χ1n) is 18.3. The Kier molecular flexibility index (Phi) is 10.6. The molecule has 4 aromatic rings. The first-order valence-corrected chi connectivity index (χ1v) is 18.3. The van der Waals surface area contributed by atoms with Gasteiger partial charge in [-0.15, -0.1) is 0 Å². The molecule has 2 aliphatic heterocycles. The number of ether oxygens (including phenoxy) is 4. The van der Waals surface area contributed by atoms with Gasteiger partial charge in [-0.2, -0.15) is 20.0 Å². The Morgan fingerprint density at radius 2 is 0.604 bits per heavy atom. The summed E-state index contributed by atoms with van der Waals surface area (Å²) < 4.78 is 27.1. The Balaban J connectivity index is 1.79. The van der Waals surface area contributed by atoms with Crippen molar-refractivity contribution in [3.8, 4) is 23.0 Å². The van der Waals surface area contributed by atoms with E-state index in [4.69, 9.17) is 38.9 Å². The van der Waals surface area contributed by atoms with Gasteiger partial charge < -0.3 is 18.9 Å². The van der Waals surface area contributed by atoms with Crippen LogP contribution in [0.25, 0.3) is 0 Å². The summed E-state index contributed by atoms with van der Waals surface area (Å²) in [5.41, 5.74) is 12.9. The van der Waals surface area contributed by atoms with Crippen molar-refractivity contribution >= 4 is 34.8 Å². The molecule has 0 amide bonds. The van der Waals surface area contributed by atoms with E-state index in [0.717, 1.165) is 44.5 Å². The quantitative estimate of drug-likeness (QED) is 0.197. The van der Waals surface area contributed by atoms with E-state index in [-0.39, 0.29) is 35.6 Å². The molecule has 8 heteroatoms. The highest BCUT2D eigenvalue weighted by molar-refractivity contribution is 5.74. The fourth-order valence-electron chi connectivity index (χ4n) is 6.44. The predicted molar refractivity (Wildman–Crippen MR) is 212 cm³/mol. The van der Waals surface area contributed by atoms with Gasteiger partial charge in [0.05, 0.1) is 5.73 Å². The van der Waals surface area contributed by atoms with Crippen molar-refractivity contribution in [3.05, 3.63) is 111 Å². The molecule has 0 aromatic heterocycles. The van der Waals surface area contributed by atoms with Crippen LogP contribution in [0, 0.1) is 27.7 Å². The SMILES string of the molecule is Cc1ccc(C(C)C)c2c1OC1=C=C(Oc3c(C)ccc(C(C)C)c3N=C=N2)Oc2c(C)ccc(C(C)C)c2N=C=Nc2c(C(C)C)ccc(C)c2O1. The van der Waals surface area contributed by atoms with E-state index in [9.17, 15) is 0 Å². The lowest BCUT2D eigenvalue weighted by atomic mass is 9.98. The molecule has 0 atom stereocenters. The van der Waals surface area contributed by atoms with Crippen LogP contribution in [0.1, 0.15) is 124 Å². The molecule has 0 fully saturated rings. The fourth-order valence-corrected chi connectivity index (χ4v) is 6.44. The summed E-state index contributed by atoms with van der Waals surface area (Å²) in [5, 5.41) is 0. The number of hydrogen-bond acceptors (Lipinski definition) is 8. The maximum absolute atomic E-state index is 6.78. The van der Waals surface area contributed by atoms with Crippen LogP contribution in [0.3, 0.4) is 0 Å². The molecule has 2 heterocycles. The number of rotatable bonds is 4. The van der Waals surface area contributed by atoms with Crippen molar-refractivity contribution in [3.63, 3.8) is 0 Å². The Labute approximate surface area is 313 Å². The van der Waals surface area contributed by atoms with E-state index in [1.807, 2.05) is 52.0 Å². The molecule has 0 radical (unpaired) electrons. The second-order valence-corrected chi connectivity index (χ2v) is 15.0. The summed E-state index contributed by atoms with van der Waals surface area (Å²) in [6, 6.07) is 22.3. The number of aliphatic imine (C=N–C) groups is 4. The third-order valence-electron chi connectivity index (χ3n) is 9.56. The van der Waals surface area contributed by atoms with Gasteiger partial charge in [-0.1, -0.05) is 104 Å². The van der Waals surface area contributed by atoms with Gasteiger partial charge >= 0.3 is 11.9 Å². The average molecular weight is 709 g/mol. The van der Waals surface area contributed by atoms with Crippen LogP contribution < -0.4 is 18.9 Å². The van der Waals surface area contributed by atoms with Gasteiger partial charge in [0.1, 0.15) is 34.8 Å². The second-order valence-electron chi connectivity index (χ2n) is 15.0. The molecule has 0 unspecified atom stereocenters. The van der Waals surface area contributed by atoms with Crippen molar-refractivity contribution in [2.45, 2.75) is 107 Å². The van der Waals surface area contributed by atoms with Gasteiger partial charge in [0.2, 0.25) is 0 Å². The van der Waals surface area contributed by atoms with Gasteiger partial charge in [-0.25, -0.2) is 0 Å². The standard InChI is InChI=1S/C45H48N4O4/c1-24(2)32-17-13-28(9)42-38(32)46-22-47-39-33(25(3)4)18-14-29(10)43(39)52-37-21-36(50-42)51-44-30(11)15-19-34(26(5)6)40(44)48-23-49-41-35(27(7)8)20-16-31(12)45(41)53-37/h13-20,24-27H,1-12H3. The molecule has 0 N–H and O–H groups in total. The highest BCUT2D eigenvalue weighted by Gasteiger charge is 2.25. The second kappa shape index (κ2) is 15.1. The van der Waals surface area contributed by atoms with Gasteiger partial charge in [0.25, 0.3) is 0 Å². The maximum Gasteiger partial charge on any atom is 0.346 e. The summed E-state index contributed by atoms with van der Waals surface area (Å²) >= 11 is 0. The lowest BCUT2D eigenvalue weighted by molar-refractivity contribution is 0.204. The van der Waals surface area contributed by atoms with Crippen molar-refractivity contribution in [1.29, 1.82) is 0 Å². The Bertz CT molecular complexity index is 2000. The maximum atomic E-state index is 6.78. The molecule has 0 aliphatic carbocycles. The minimum absolute atomic E-state index is 0.0191. The van der Waals surface area contributed by atoms with E-state index < -0.39 is 0 Å². The molecule has 53 heavy (non-hydrogen) atoms. The highest BCUT2D eigenvalue weighted by atomic mass is 16.7. The van der Waals surface area contributed by atoms with Crippen LogP contribution in [0.15, 0.2) is 86.1 Å². The molecule has 8 nitrogen and oxygen atoms in total. The lowest BCUT2D eigenvalue weighted by Gasteiger charge is -2.21. The van der Waals surface area contributed by atoms with Gasteiger partial charge in [-0.3, -0.25) is 0 Å². The van der Waals surface area contributed by atoms with Crippen molar-refractivity contribution in [1.82, 2.24) is 0 Å². The molecule has 0 saturated heterocycles.